The number of nitrogens with zero attached hydrogens (tertiary/aromatic N) is 2. The molecule has 4 aromatic rings. The first-order valence-electron chi connectivity index (χ1n) is 9.98. The van der Waals surface area contributed by atoms with Crippen molar-refractivity contribution < 1.29 is 9.53 Å². The Morgan fingerprint density at radius 1 is 1.03 bits per heavy atom. The van der Waals surface area contributed by atoms with Crippen LogP contribution in [-0.2, 0) is 11.2 Å². The fraction of sp³-hybridized carbons (Fsp3) is 0.160. The Labute approximate surface area is 180 Å². The molecule has 0 radical (unpaired) electrons. The van der Waals surface area contributed by atoms with Gasteiger partial charge in [0.15, 0.2) is 0 Å². The highest BCUT2D eigenvalue weighted by Crippen LogP contribution is 2.27. The average Bonchev–Trinajstić information content (AvgIpc) is 2.74. The smallest absolute Gasteiger partial charge is 0.265 e. The predicted molar refractivity (Wildman–Crippen MR) is 122 cm³/mol. The highest BCUT2D eigenvalue weighted by molar-refractivity contribution is 5.94. The first-order valence-corrected chi connectivity index (χ1v) is 9.98. The van der Waals surface area contributed by atoms with Gasteiger partial charge in [-0.15, -0.1) is 0 Å². The molecule has 0 unspecified atom stereocenters. The highest BCUT2D eigenvalue weighted by Gasteiger charge is 2.14. The van der Waals surface area contributed by atoms with Crippen molar-refractivity contribution in [3.63, 3.8) is 0 Å². The first kappa shape index (κ1) is 20.3. The van der Waals surface area contributed by atoms with Gasteiger partial charge >= 0.3 is 0 Å². The first-order chi connectivity index (χ1) is 15.0. The van der Waals surface area contributed by atoms with Crippen LogP contribution in [0.2, 0.25) is 0 Å². The van der Waals surface area contributed by atoms with Crippen LogP contribution < -0.4 is 15.6 Å². The van der Waals surface area contributed by atoms with Gasteiger partial charge in [-0.3, -0.25) is 14.2 Å². The topological polar surface area (TPSA) is 73.2 Å². The van der Waals surface area contributed by atoms with Crippen molar-refractivity contribution in [3.8, 4) is 11.4 Å². The van der Waals surface area contributed by atoms with Crippen molar-refractivity contribution in [1.29, 1.82) is 0 Å². The largest absolute Gasteiger partial charge is 0.494 e. The molecule has 0 fully saturated rings. The van der Waals surface area contributed by atoms with Crippen LogP contribution in [-0.4, -0.2) is 22.6 Å². The molecule has 1 N–H and O–H groups in total. The number of nitrogens with one attached hydrogen (secondary N) is 1. The van der Waals surface area contributed by atoms with Crippen LogP contribution in [0.3, 0.4) is 0 Å². The van der Waals surface area contributed by atoms with E-state index in [4.69, 9.17) is 4.74 Å². The van der Waals surface area contributed by atoms with Crippen molar-refractivity contribution in [1.82, 2.24) is 9.55 Å². The number of fused-ring (bicyclic) bond motifs is 1. The van der Waals surface area contributed by atoms with Crippen LogP contribution in [0.25, 0.3) is 16.6 Å². The molecular formula is C25H23N3O3. The molecule has 3 aromatic carbocycles. The summed E-state index contributed by atoms with van der Waals surface area (Å²) in [5.41, 5.74) is 3.72. The van der Waals surface area contributed by atoms with Gasteiger partial charge in [-0.25, -0.2) is 4.98 Å². The minimum atomic E-state index is -0.151. The van der Waals surface area contributed by atoms with Crippen LogP contribution in [0, 0.1) is 13.8 Å². The number of methoxy groups -OCH3 is 1. The monoisotopic (exact) mass is 413 g/mol. The molecule has 0 aliphatic heterocycles. The SMILES string of the molecule is COc1cc(-n2c(C)nc3ccccc3c2=O)ccc1NC(=O)Cc1cccc(C)c1. The van der Waals surface area contributed by atoms with Gasteiger partial charge in [-0.05, 0) is 43.7 Å². The number of hydrogen-bond donors (Lipinski definition) is 1. The number of carbonyl (C=O) groups excluding carboxylic acids is 1. The maximum atomic E-state index is 13.1. The van der Waals surface area contributed by atoms with Gasteiger partial charge in [-0.1, -0.05) is 42.0 Å². The number of para-hydroxylation sites is 1. The maximum Gasteiger partial charge on any atom is 0.265 e. The third-order valence-corrected chi connectivity index (χ3v) is 5.11. The van der Waals surface area contributed by atoms with E-state index >= 15 is 0 Å². The molecule has 0 atom stereocenters. The van der Waals surface area contributed by atoms with Gasteiger partial charge in [0.2, 0.25) is 5.91 Å². The van der Waals surface area contributed by atoms with Crippen molar-refractivity contribution in [2.45, 2.75) is 20.3 Å². The van der Waals surface area contributed by atoms with Gasteiger partial charge in [0.25, 0.3) is 5.56 Å². The number of anilines is 1. The molecule has 6 nitrogen and oxygen atoms in total. The molecule has 0 spiro atoms. The lowest BCUT2D eigenvalue weighted by atomic mass is 10.1. The lowest BCUT2D eigenvalue weighted by Gasteiger charge is -2.15. The zero-order valence-corrected chi connectivity index (χ0v) is 17.7. The summed E-state index contributed by atoms with van der Waals surface area (Å²) in [6, 6.07) is 20.3. The van der Waals surface area contributed by atoms with Gasteiger partial charge in [0.1, 0.15) is 11.6 Å². The minimum absolute atomic E-state index is 0.141. The van der Waals surface area contributed by atoms with Crippen molar-refractivity contribution in [3.05, 3.63) is 94.0 Å². The van der Waals surface area contributed by atoms with E-state index in [9.17, 15) is 9.59 Å². The van der Waals surface area contributed by atoms with Crippen LogP contribution in [0.15, 0.2) is 71.5 Å². The zero-order valence-electron chi connectivity index (χ0n) is 17.7. The summed E-state index contributed by atoms with van der Waals surface area (Å²) in [7, 11) is 1.53. The van der Waals surface area contributed by atoms with E-state index in [1.54, 1.807) is 35.8 Å². The molecule has 1 amide bonds. The van der Waals surface area contributed by atoms with Crippen LogP contribution >= 0.6 is 0 Å². The van der Waals surface area contributed by atoms with Crippen molar-refractivity contribution >= 4 is 22.5 Å². The summed E-state index contributed by atoms with van der Waals surface area (Å²) in [6.07, 6.45) is 0.264. The quantitative estimate of drug-likeness (QED) is 0.532. The number of aryl methyl sites for hydroxylation is 2. The highest BCUT2D eigenvalue weighted by atomic mass is 16.5. The standard InChI is InChI=1S/C25H23N3O3/c1-16-7-6-8-18(13-16)14-24(29)27-22-12-11-19(15-23(22)31-3)28-17(2)26-21-10-5-4-9-20(21)25(28)30/h4-13,15H,14H2,1-3H3,(H,27,29). The minimum Gasteiger partial charge on any atom is -0.494 e. The van der Waals surface area contributed by atoms with E-state index in [2.05, 4.69) is 10.3 Å². The molecule has 1 aromatic heterocycles. The summed E-state index contributed by atoms with van der Waals surface area (Å²) in [5, 5.41) is 3.44. The van der Waals surface area contributed by atoms with E-state index in [-0.39, 0.29) is 17.9 Å². The lowest BCUT2D eigenvalue weighted by molar-refractivity contribution is -0.115. The molecule has 4 rings (SSSR count). The Morgan fingerprint density at radius 3 is 2.61 bits per heavy atom. The third kappa shape index (κ3) is 4.19. The Balaban J connectivity index is 1.65. The van der Waals surface area contributed by atoms with Gasteiger partial charge in [0, 0.05) is 6.07 Å². The summed E-state index contributed by atoms with van der Waals surface area (Å²) in [5.74, 6) is 0.897. The number of ether oxygens (including phenoxy) is 1. The van der Waals surface area contributed by atoms with Crippen LogP contribution in [0.1, 0.15) is 17.0 Å². The van der Waals surface area contributed by atoms with E-state index in [0.29, 0.717) is 33.9 Å². The van der Waals surface area contributed by atoms with Crippen LogP contribution in [0.4, 0.5) is 5.69 Å². The summed E-state index contributed by atoms with van der Waals surface area (Å²) in [6.45, 7) is 3.78. The van der Waals surface area contributed by atoms with E-state index < -0.39 is 0 Å². The van der Waals surface area contributed by atoms with E-state index in [1.807, 2.05) is 49.4 Å². The molecular weight excluding hydrogens is 390 g/mol. The third-order valence-electron chi connectivity index (χ3n) is 5.11. The second kappa shape index (κ2) is 8.44. The molecule has 0 aliphatic carbocycles. The molecule has 0 bridgehead atoms. The fourth-order valence-electron chi connectivity index (χ4n) is 3.67. The summed E-state index contributed by atoms with van der Waals surface area (Å²) < 4.78 is 7.04. The summed E-state index contributed by atoms with van der Waals surface area (Å²) >= 11 is 0. The molecule has 156 valence electrons. The number of rotatable bonds is 5. The molecule has 0 saturated carbocycles. The predicted octanol–water partition coefficient (Wildman–Crippen LogP) is 4.19. The summed E-state index contributed by atoms with van der Waals surface area (Å²) in [4.78, 5) is 30.1. The number of amides is 1. The molecule has 1 heterocycles. The Morgan fingerprint density at radius 2 is 1.84 bits per heavy atom. The fourth-order valence-corrected chi connectivity index (χ4v) is 3.67. The molecule has 31 heavy (non-hydrogen) atoms. The van der Waals surface area contributed by atoms with Gasteiger partial charge in [-0.2, -0.15) is 0 Å². The van der Waals surface area contributed by atoms with E-state index in [1.165, 1.54) is 7.11 Å². The zero-order chi connectivity index (χ0) is 22.0. The second-order valence-electron chi connectivity index (χ2n) is 7.42. The lowest BCUT2D eigenvalue weighted by Crippen LogP contribution is -2.22. The number of benzene rings is 3. The normalized spacial score (nSPS) is 10.8. The molecule has 0 saturated heterocycles. The van der Waals surface area contributed by atoms with Crippen molar-refractivity contribution in [2.24, 2.45) is 0 Å². The average molecular weight is 413 g/mol. The number of hydrogen-bond acceptors (Lipinski definition) is 4. The second-order valence-corrected chi connectivity index (χ2v) is 7.42. The Bertz CT molecular complexity index is 1340. The molecule has 0 aliphatic rings. The van der Waals surface area contributed by atoms with Crippen LogP contribution in [0.5, 0.6) is 5.75 Å². The van der Waals surface area contributed by atoms with Gasteiger partial charge < -0.3 is 10.1 Å². The van der Waals surface area contributed by atoms with E-state index in [0.717, 1.165) is 11.1 Å². The van der Waals surface area contributed by atoms with Crippen molar-refractivity contribution in [2.75, 3.05) is 12.4 Å². The Hall–Kier alpha value is -3.93. The van der Waals surface area contributed by atoms with Gasteiger partial charge in [0.05, 0.1) is 35.8 Å². The molecule has 6 heteroatoms. The number of carbonyl (C=O) groups is 1. The number of aromatic nitrogens is 2. The Kier molecular flexibility index (Phi) is 5.54. The maximum absolute atomic E-state index is 13.1.